The van der Waals surface area contributed by atoms with Crippen LogP contribution in [0.15, 0.2) is 54.6 Å². The molecule has 0 bridgehead atoms. The predicted octanol–water partition coefficient (Wildman–Crippen LogP) is 4.21. The molecule has 0 unspecified atom stereocenters. The minimum absolute atomic E-state index is 0.503. The van der Waals surface area contributed by atoms with Gasteiger partial charge >= 0.3 is 0 Å². The molecule has 1 heteroatoms. The van der Waals surface area contributed by atoms with E-state index in [1.54, 1.807) is 0 Å². The number of fused-ring (bicyclic) bond motifs is 5. The second kappa shape index (κ2) is 3.69. The molecule has 3 aromatic rings. The van der Waals surface area contributed by atoms with Crippen molar-refractivity contribution in [2.45, 2.75) is 13.0 Å². The molecule has 0 heterocycles. The maximum absolute atomic E-state index is 10.6. The van der Waals surface area contributed by atoms with E-state index >= 15 is 0 Å². The quantitative estimate of drug-likeness (QED) is 0.630. The molecular formula is C18H14O. The summed E-state index contributed by atoms with van der Waals surface area (Å²) in [5, 5.41) is 13.0. The van der Waals surface area contributed by atoms with Crippen LogP contribution in [0.25, 0.3) is 21.9 Å². The third-order valence-electron chi connectivity index (χ3n) is 4.11. The molecule has 0 radical (unpaired) electrons. The average Bonchev–Trinajstić information content (AvgIpc) is 2.73. The maximum Gasteiger partial charge on any atom is 0.106 e. The fraction of sp³-hybridized carbons (Fsp3) is 0.111. The first-order valence-electron chi connectivity index (χ1n) is 6.57. The van der Waals surface area contributed by atoms with Crippen molar-refractivity contribution in [1.82, 2.24) is 0 Å². The monoisotopic (exact) mass is 246 g/mol. The van der Waals surface area contributed by atoms with Gasteiger partial charge in [0.1, 0.15) is 6.10 Å². The van der Waals surface area contributed by atoms with Gasteiger partial charge in [-0.1, -0.05) is 54.6 Å². The number of aliphatic hydroxyl groups is 1. The minimum Gasteiger partial charge on any atom is -0.384 e. The molecular weight excluding hydrogens is 232 g/mol. The summed E-state index contributed by atoms with van der Waals surface area (Å²) in [5.41, 5.74) is 5.69. The van der Waals surface area contributed by atoms with E-state index in [9.17, 15) is 5.11 Å². The van der Waals surface area contributed by atoms with E-state index in [2.05, 4.69) is 37.3 Å². The topological polar surface area (TPSA) is 20.2 Å². The Morgan fingerprint density at radius 1 is 0.842 bits per heavy atom. The second-order valence-electron chi connectivity index (χ2n) is 5.19. The number of benzene rings is 3. The average molecular weight is 246 g/mol. The fourth-order valence-electron chi connectivity index (χ4n) is 3.23. The molecule has 19 heavy (non-hydrogen) atoms. The molecule has 0 aliphatic heterocycles. The summed E-state index contributed by atoms with van der Waals surface area (Å²) in [6.07, 6.45) is -0.503. The van der Waals surface area contributed by atoms with E-state index in [1.165, 1.54) is 27.5 Å². The first-order valence-corrected chi connectivity index (χ1v) is 6.57. The summed E-state index contributed by atoms with van der Waals surface area (Å²) in [6.45, 7) is 2.13. The van der Waals surface area contributed by atoms with E-state index in [-0.39, 0.29) is 0 Å². The zero-order valence-corrected chi connectivity index (χ0v) is 10.7. The maximum atomic E-state index is 10.6. The van der Waals surface area contributed by atoms with Crippen LogP contribution >= 0.6 is 0 Å². The standard InChI is InChI=1S/C18H14O/c1-11-10-16-13-7-3-5-9-15(13)18(19)17(16)14-8-4-2-6-12(11)14/h2-10,18-19H,1H3/t18-/m1/s1. The molecule has 1 aliphatic carbocycles. The van der Waals surface area contributed by atoms with Crippen LogP contribution in [0.3, 0.4) is 0 Å². The number of aliphatic hydroxyl groups excluding tert-OH is 1. The molecule has 92 valence electrons. The molecule has 0 fully saturated rings. The first-order chi connectivity index (χ1) is 9.27. The van der Waals surface area contributed by atoms with E-state index in [1.807, 2.05) is 24.3 Å². The van der Waals surface area contributed by atoms with Crippen molar-refractivity contribution in [3.63, 3.8) is 0 Å². The Kier molecular flexibility index (Phi) is 2.09. The molecule has 0 spiro atoms. The SMILES string of the molecule is Cc1cc2c(c3ccccc13)[C@H](O)c1ccccc1-2. The van der Waals surface area contributed by atoms with Crippen molar-refractivity contribution in [2.24, 2.45) is 0 Å². The highest BCUT2D eigenvalue weighted by atomic mass is 16.3. The van der Waals surface area contributed by atoms with Gasteiger partial charge in [0.2, 0.25) is 0 Å². The molecule has 0 aromatic heterocycles. The largest absolute Gasteiger partial charge is 0.384 e. The Labute approximate surface area is 112 Å². The zero-order valence-electron chi connectivity index (χ0n) is 10.7. The molecule has 1 nitrogen and oxygen atoms in total. The van der Waals surface area contributed by atoms with Gasteiger partial charge in [-0.05, 0) is 39.9 Å². The Morgan fingerprint density at radius 2 is 1.53 bits per heavy atom. The zero-order chi connectivity index (χ0) is 13.0. The number of rotatable bonds is 0. The second-order valence-corrected chi connectivity index (χ2v) is 5.19. The summed E-state index contributed by atoms with van der Waals surface area (Å²) in [6, 6.07) is 18.7. The predicted molar refractivity (Wildman–Crippen MR) is 78.2 cm³/mol. The van der Waals surface area contributed by atoms with Gasteiger partial charge in [0.05, 0.1) is 0 Å². The molecule has 1 aliphatic rings. The number of hydrogen-bond acceptors (Lipinski definition) is 1. The highest BCUT2D eigenvalue weighted by molar-refractivity contribution is 5.97. The van der Waals surface area contributed by atoms with Crippen molar-refractivity contribution in [3.05, 3.63) is 71.3 Å². The van der Waals surface area contributed by atoms with Crippen LogP contribution in [-0.2, 0) is 0 Å². The van der Waals surface area contributed by atoms with Gasteiger partial charge in [0.25, 0.3) is 0 Å². The van der Waals surface area contributed by atoms with Crippen LogP contribution in [0.4, 0.5) is 0 Å². The van der Waals surface area contributed by atoms with E-state index in [4.69, 9.17) is 0 Å². The van der Waals surface area contributed by atoms with Gasteiger partial charge in [0.15, 0.2) is 0 Å². The lowest BCUT2D eigenvalue weighted by atomic mass is 9.95. The Bertz CT molecular complexity index is 802. The van der Waals surface area contributed by atoms with Gasteiger partial charge in [-0.15, -0.1) is 0 Å². The first kappa shape index (κ1) is 10.8. The third kappa shape index (κ3) is 1.33. The molecule has 1 N–H and O–H groups in total. The van der Waals surface area contributed by atoms with Crippen LogP contribution in [0.2, 0.25) is 0 Å². The van der Waals surface area contributed by atoms with Gasteiger partial charge in [0, 0.05) is 5.56 Å². The van der Waals surface area contributed by atoms with E-state index in [0.29, 0.717) is 0 Å². The van der Waals surface area contributed by atoms with E-state index < -0.39 is 6.10 Å². The normalized spacial score (nSPS) is 16.4. The molecule has 1 atom stereocenters. The van der Waals surface area contributed by atoms with Gasteiger partial charge < -0.3 is 5.11 Å². The lowest BCUT2D eigenvalue weighted by Gasteiger charge is -2.11. The number of aryl methyl sites for hydroxylation is 1. The van der Waals surface area contributed by atoms with Crippen molar-refractivity contribution in [2.75, 3.05) is 0 Å². The Morgan fingerprint density at radius 3 is 2.37 bits per heavy atom. The molecule has 3 aromatic carbocycles. The molecule has 0 amide bonds. The molecule has 4 rings (SSSR count). The molecule has 0 saturated carbocycles. The number of hydrogen-bond donors (Lipinski definition) is 1. The van der Waals surface area contributed by atoms with Crippen LogP contribution in [0.5, 0.6) is 0 Å². The van der Waals surface area contributed by atoms with Gasteiger partial charge in [-0.3, -0.25) is 0 Å². The lowest BCUT2D eigenvalue weighted by molar-refractivity contribution is 0.226. The van der Waals surface area contributed by atoms with Crippen molar-refractivity contribution < 1.29 is 5.11 Å². The van der Waals surface area contributed by atoms with Crippen LogP contribution < -0.4 is 0 Å². The fourth-order valence-corrected chi connectivity index (χ4v) is 3.23. The third-order valence-corrected chi connectivity index (χ3v) is 4.11. The van der Waals surface area contributed by atoms with Gasteiger partial charge in [-0.2, -0.15) is 0 Å². The van der Waals surface area contributed by atoms with E-state index in [0.717, 1.165) is 11.1 Å². The summed E-state index contributed by atoms with van der Waals surface area (Å²) in [7, 11) is 0. The van der Waals surface area contributed by atoms with Crippen LogP contribution in [0.1, 0.15) is 22.8 Å². The summed E-state index contributed by atoms with van der Waals surface area (Å²) in [4.78, 5) is 0. The highest BCUT2D eigenvalue weighted by Gasteiger charge is 2.28. The summed E-state index contributed by atoms with van der Waals surface area (Å²) in [5.74, 6) is 0. The van der Waals surface area contributed by atoms with Gasteiger partial charge in [-0.25, -0.2) is 0 Å². The molecule has 0 saturated heterocycles. The minimum atomic E-state index is -0.503. The lowest BCUT2D eigenvalue weighted by Crippen LogP contribution is -1.95. The highest BCUT2D eigenvalue weighted by Crippen LogP contribution is 2.47. The summed E-state index contributed by atoms with van der Waals surface area (Å²) < 4.78 is 0. The van der Waals surface area contributed by atoms with Crippen LogP contribution in [-0.4, -0.2) is 5.11 Å². The summed E-state index contributed by atoms with van der Waals surface area (Å²) >= 11 is 0. The Balaban J connectivity index is 2.18. The van der Waals surface area contributed by atoms with Crippen molar-refractivity contribution in [1.29, 1.82) is 0 Å². The van der Waals surface area contributed by atoms with Crippen molar-refractivity contribution in [3.8, 4) is 11.1 Å². The smallest absolute Gasteiger partial charge is 0.106 e. The van der Waals surface area contributed by atoms with Crippen molar-refractivity contribution >= 4 is 10.8 Å². The Hall–Kier alpha value is -2.12. The van der Waals surface area contributed by atoms with Crippen LogP contribution in [0, 0.1) is 6.92 Å².